The standard InChI is InChI=1S/C14H19F3N2O4/c1-8-2-3-9(13(22)23)6-19(8)12(21)10-4-11(20)18(5-10)7-14(15,16)17/h8-10H,2-7H2,1H3,(H,22,23). The van der Waals surface area contributed by atoms with Crippen LogP contribution in [0, 0.1) is 11.8 Å². The van der Waals surface area contributed by atoms with Crippen molar-refractivity contribution in [2.24, 2.45) is 11.8 Å². The van der Waals surface area contributed by atoms with E-state index in [1.807, 2.05) is 0 Å². The van der Waals surface area contributed by atoms with Crippen molar-refractivity contribution in [1.29, 1.82) is 0 Å². The van der Waals surface area contributed by atoms with Crippen LogP contribution in [0.1, 0.15) is 26.2 Å². The van der Waals surface area contributed by atoms with Crippen molar-refractivity contribution in [3.8, 4) is 0 Å². The summed E-state index contributed by atoms with van der Waals surface area (Å²) in [6, 6.07) is -0.176. The number of carbonyl (C=O) groups is 3. The summed E-state index contributed by atoms with van der Waals surface area (Å²) < 4.78 is 37.2. The van der Waals surface area contributed by atoms with Gasteiger partial charge in [0.2, 0.25) is 11.8 Å². The summed E-state index contributed by atoms with van der Waals surface area (Å²) in [5, 5.41) is 9.08. The van der Waals surface area contributed by atoms with Gasteiger partial charge in [0.15, 0.2) is 0 Å². The fraction of sp³-hybridized carbons (Fsp3) is 0.786. The SMILES string of the molecule is CC1CCC(C(=O)O)CN1C(=O)C1CC(=O)N(CC(F)(F)F)C1. The highest BCUT2D eigenvalue weighted by Crippen LogP contribution is 2.29. The third-order valence-electron chi connectivity index (χ3n) is 4.45. The van der Waals surface area contributed by atoms with Crippen molar-refractivity contribution in [2.45, 2.75) is 38.4 Å². The molecule has 0 aromatic heterocycles. The highest BCUT2D eigenvalue weighted by Gasteiger charge is 2.43. The lowest BCUT2D eigenvalue weighted by atomic mass is 9.92. The fourth-order valence-corrected chi connectivity index (χ4v) is 3.16. The summed E-state index contributed by atoms with van der Waals surface area (Å²) in [7, 11) is 0. The monoisotopic (exact) mass is 336 g/mol. The molecule has 2 aliphatic heterocycles. The molecule has 3 unspecified atom stereocenters. The predicted octanol–water partition coefficient (Wildman–Crippen LogP) is 1.11. The summed E-state index contributed by atoms with van der Waals surface area (Å²) in [6.07, 6.45) is -3.77. The van der Waals surface area contributed by atoms with Crippen molar-refractivity contribution in [3.63, 3.8) is 0 Å². The number of hydrogen-bond acceptors (Lipinski definition) is 3. The zero-order valence-corrected chi connectivity index (χ0v) is 12.7. The molecule has 2 aliphatic rings. The molecule has 0 radical (unpaired) electrons. The Balaban J connectivity index is 2.02. The molecule has 6 nitrogen and oxygen atoms in total. The van der Waals surface area contributed by atoms with Crippen LogP contribution in [0.15, 0.2) is 0 Å². The molecule has 2 amide bonds. The summed E-state index contributed by atoms with van der Waals surface area (Å²) in [5.74, 6) is -3.61. The number of aliphatic carboxylic acids is 1. The molecular formula is C14H19F3N2O4. The zero-order chi connectivity index (χ0) is 17.4. The molecule has 1 N–H and O–H groups in total. The molecule has 9 heteroatoms. The van der Waals surface area contributed by atoms with E-state index in [0.29, 0.717) is 17.7 Å². The first-order chi connectivity index (χ1) is 10.6. The van der Waals surface area contributed by atoms with Crippen molar-refractivity contribution in [3.05, 3.63) is 0 Å². The number of amides is 2. The van der Waals surface area contributed by atoms with Crippen LogP contribution in [-0.2, 0) is 14.4 Å². The van der Waals surface area contributed by atoms with E-state index in [0.717, 1.165) is 0 Å². The van der Waals surface area contributed by atoms with Gasteiger partial charge in [-0.2, -0.15) is 13.2 Å². The average molecular weight is 336 g/mol. The van der Waals surface area contributed by atoms with E-state index in [-0.39, 0.29) is 25.6 Å². The third-order valence-corrected chi connectivity index (χ3v) is 4.45. The number of likely N-dealkylation sites (tertiary alicyclic amines) is 2. The van der Waals surface area contributed by atoms with E-state index >= 15 is 0 Å². The van der Waals surface area contributed by atoms with Gasteiger partial charge in [0.25, 0.3) is 0 Å². The number of carbonyl (C=O) groups excluding carboxylic acids is 2. The number of alkyl halides is 3. The van der Waals surface area contributed by atoms with Gasteiger partial charge in [-0.25, -0.2) is 0 Å². The third kappa shape index (κ3) is 4.14. The number of nitrogens with zero attached hydrogens (tertiary/aromatic N) is 2. The maximum atomic E-state index is 12.5. The zero-order valence-electron chi connectivity index (χ0n) is 12.7. The topological polar surface area (TPSA) is 77.9 Å². The quantitative estimate of drug-likeness (QED) is 0.837. The second kappa shape index (κ2) is 6.37. The Hall–Kier alpha value is -1.80. The van der Waals surface area contributed by atoms with Crippen LogP contribution in [0.2, 0.25) is 0 Å². The largest absolute Gasteiger partial charge is 0.481 e. The van der Waals surface area contributed by atoms with Gasteiger partial charge in [0, 0.05) is 25.6 Å². The van der Waals surface area contributed by atoms with E-state index in [2.05, 4.69) is 0 Å². The maximum Gasteiger partial charge on any atom is 0.406 e. The van der Waals surface area contributed by atoms with Gasteiger partial charge in [0.05, 0.1) is 11.8 Å². The van der Waals surface area contributed by atoms with Gasteiger partial charge in [-0.1, -0.05) is 0 Å². The Labute approximate surface area is 131 Å². The van der Waals surface area contributed by atoms with Crippen LogP contribution in [0.25, 0.3) is 0 Å². The van der Waals surface area contributed by atoms with E-state index < -0.39 is 42.3 Å². The Morgan fingerprint density at radius 2 is 1.87 bits per heavy atom. The summed E-state index contributed by atoms with van der Waals surface area (Å²) >= 11 is 0. The first-order valence-electron chi connectivity index (χ1n) is 7.46. The molecule has 2 fully saturated rings. The molecule has 3 atom stereocenters. The van der Waals surface area contributed by atoms with Gasteiger partial charge in [0.1, 0.15) is 6.54 Å². The smallest absolute Gasteiger partial charge is 0.406 e. The highest BCUT2D eigenvalue weighted by molar-refractivity contribution is 5.89. The average Bonchev–Trinajstić information content (AvgIpc) is 2.77. The molecule has 130 valence electrons. The molecule has 0 aliphatic carbocycles. The van der Waals surface area contributed by atoms with Gasteiger partial charge in [-0.15, -0.1) is 0 Å². The lowest BCUT2D eigenvalue weighted by Crippen LogP contribution is -2.50. The Morgan fingerprint density at radius 3 is 2.43 bits per heavy atom. The Morgan fingerprint density at radius 1 is 1.22 bits per heavy atom. The lowest BCUT2D eigenvalue weighted by molar-refractivity contribution is -0.157. The first-order valence-corrected chi connectivity index (χ1v) is 7.46. The minimum Gasteiger partial charge on any atom is -0.481 e. The van der Waals surface area contributed by atoms with Crippen molar-refractivity contribution in [1.82, 2.24) is 9.80 Å². The van der Waals surface area contributed by atoms with Crippen LogP contribution in [0.4, 0.5) is 13.2 Å². The Kier molecular flexibility index (Phi) is 4.86. The summed E-state index contributed by atoms with van der Waals surface area (Å²) in [6.45, 7) is 0.195. The number of rotatable bonds is 3. The normalized spacial score (nSPS) is 29.0. The van der Waals surface area contributed by atoms with Gasteiger partial charge >= 0.3 is 12.1 Å². The van der Waals surface area contributed by atoms with Crippen molar-refractivity contribution in [2.75, 3.05) is 19.6 Å². The number of piperidine rings is 1. The van der Waals surface area contributed by atoms with Gasteiger partial charge < -0.3 is 14.9 Å². The molecule has 0 spiro atoms. The fourth-order valence-electron chi connectivity index (χ4n) is 3.16. The van der Waals surface area contributed by atoms with Crippen molar-refractivity contribution < 1.29 is 32.7 Å². The Bertz CT molecular complexity index is 509. The highest BCUT2D eigenvalue weighted by atomic mass is 19.4. The van der Waals surface area contributed by atoms with Crippen LogP contribution >= 0.6 is 0 Å². The molecule has 2 rings (SSSR count). The van der Waals surface area contributed by atoms with Gasteiger partial charge in [-0.3, -0.25) is 14.4 Å². The van der Waals surface area contributed by atoms with Crippen LogP contribution in [0.3, 0.4) is 0 Å². The number of halogens is 3. The molecule has 0 aromatic carbocycles. The second-order valence-corrected chi connectivity index (χ2v) is 6.24. The minimum atomic E-state index is -4.50. The summed E-state index contributed by atoms with van der Waals surface area (Å²) in [4.78, 5) is 37.3. The predicted molar refractivity (Wildman–Crippen MR) is 72.3 cm³/mol. The van der Waals surface area contributed by atoms with Crippen LogP contribution in [-0.4, -0.2) is 64.5 Å². The molecule has 0 saturated carbocycles. The molecule has 2 heterocycles. The number of carboxylic acids is 1. The molecule has 0 aromatic rings. The molecule has 0 bridgehead atoms. The number of hydrogen-bond donors (Lipinski definition) is 1. The molecule has 2 saturated heterocycles. The first kappa shape index (κ1) is 17.6. The second-order valence-electron chi connectivity index (χ2n) is 6.24. The van der Waals surface area contributed by atoms with E-state index in [1.54, 1.807) is 6.92 Å². The van der Waals surface area contributed by atoms with Crippen LogP contribution in [0.5, 0.6) is 0 Å². The maximum absolute atomic E-state index is 12.5. The van der Waals surface area contributed by atoms with Crippen molar-refractivity contribution >= 4 is 17.8 Å². The minimum absolute atomic E-state index is 0.0410. The van der Waals surface area contributed by atoms with Gasteiger partial charge in [-0.05, 0) is 19.8 Å². The number of carboxylic acid groups (broad SMARTS) is 1. The van der Waals surface area contributed by atoms with E-state index in [4.69, 9.17) is 5.11 Å². The van der Waals surface area contributed by atoms with E-state index in [9.17, 15) is 27.6 Å². The van der Waals surface area contributed by atoms with Crippen LogP contribution < -0.4 is 0 Å². The lowest BCUT2D eigenvalue weighted by Gasteiger charge is -2.37. The molecular weight excluding hydrogens is 317 g/mol. The van der Waals surface area contributed by atoms with E-state index in [1.165, 1.54) is 4.90 Å². The summed E-state index contributed by atoms with van der Waals surface area (Å²) in [5.41, 5.74) is 0. The molecule has 23 heavy (non-hydrogen) atoms.